The van der Waals surface area contributed by atoms with Crippen LogP contribution in [-0.2, 0) is 11.3 Å². The van der Waals surface area contributed by atoms with E-state index in [2.05, 4.69) is 9.88 Å². The fourth-order valence-corrected chi connectivity index (χ4v) is 1.86. The molecule has 1 aromatic rings. The second-order valence-corrected chi connectivity index (χ2v) is 3.79. The summed E-state index contributed by atoms with van der Waals surface area (Å²) in [5.74, 6) is 0.203. The smallest absolute Gasteiger partial charge is 0.157 e. The standard InChI is InChI=1S/C12H16N2O/c1-2-4-10(15)9-11-12-5-3-7-14(12)8-6-13-11/h3,5,7,9,13H,2,4,6,8H2,1H3/b11-9+. The largest absolute Gasteiger partial charge is 0.381 e. The van der Waals surface area contributed by atoms with Crippen molar-refractivity contribution in [3.05, 3.63) is 30.1 Å². The van der Waals surface area contributed by atoms with E-state index in [4.69, 9.17) is 0 Å². The molecule has 0 saturated carbocycles. The molecule has 0 atom stereocenters. The average molecular weight is 204 g/mol. The van der Waals surface area contributed by atoms with E-state index < -0.39 is 0 Å². The summed E-state index contributed by atoms with van der Waals surface area (Å²) < 4.78 is 2.17. The van der Waals surface area contributed by atoms with Crippen LogP contribution in [-0.4, -0.2) is 16.9 Å². The molecule has 2 rings (SSSR count). The number of allylic oxidation sites excluding steroid dienone is 1. The van der Waals surface area contributed by atoms with Gasteiger partial charge < -0.3 is 9.88 Å². The first-order valence-electron chi connectivity index (χ1n) is 5.45. The summed E-state index contributed by atoms with van der Waals surface area (Å²) in [7, 11) is 0. The molecule has 0 spiro atoms. The highest BCUT2D eigenvalue weighted by atomic mass is 16.1. The van der Waals surface area contributed by atoms with E-state index in [0.29, 0.717) is 6.42 Å². The van der Waals surface area contributed by atoms with Crippen molar-refractivity contribution in [3.8, 4) is 0 Å². The van der Waals surface area contributed by atoms with E-state index in [1.165, 1.54) is 0 Å². The Morgan fingerprint density at radius 1 is 1.67 bits per heavy atom. The number of rotatable bonds is 3. The third kappa shape index (κ3) is 2.12. The van der Waals surface area contributed by atoms with E-state index in [-0.39, 0.29) is 5.78 Å². The van der Waals surface area contributed by atoms with Gasteiger partial charge in [-0.15, -0.1) is 0 Å². The number of ketones is 1. The van der Waals surface area contributed by atoms with E-state index >= 15 is 0 Å². The van der Waals surface area contributed by atoms with Crippen LogP contribution in [0.3, 0.4) is 0 Å². The number of aromatic nitrogens is 1. The van der Waals surface area contributed by atoms with Crippen LogP contribution < -0.4 is 5.32 Å². The minimum Gasteiger partial charge on any atom is -0.381 e. The summed E-state index contributed by atoms with van der Waals surface area (Å²) in [6.07, 6.45) is 5.32. The summed E-state index contributed by atoms with van der Waals surface area (Å²) >= 11 is 0. The Bertz CT molecular complexity index is 390. The van der Waals surface area contributed by atoms with E-state index in [0.717, 1.165) is 30.9 Å². The maximum Gasteiger partial charge on any atom is 0.157 e. The highest BCUT2D eigenvalue weighted by Crippen LogP contribution is 2.16. The zero-order chi connectivity index (χ0) is 10.7. The van der Waals surface area contributed by atoms with Crippen LogP contribution in [0.5, 0.6) is 0 Å². The molecule has 1 N–H and O–H groups in total. The Morgan fingerprint density at radius 3 is 3.33 bits per heavy atom. The van der Waals surface area contributed by atoms with Crippen molar-refractivity contribution in [1.82, 2.24) is 9.88 Å². The van der Waals surface area contributed by atoms with Crippen LogP contribution in [0, 0.1) is 0 Å². The van der Waals surface area contributed by atoms with E-state index in [1.54, 1.807) is 6.08 Å². The molecule has 3 nitrogen and oxygen atoms in total. The predicted molar refractivity (Wildman–Crippen MR) is 60.3 cm³/mol. The van der Waals surface area contributed by atoms with E-state index in [1.807, 2.05) is 25.3 Å². The number of hydrogen-bond donors (Lipinski definition) is 1. The van der Waals surface area contributed by atoms with E-state index in [9.17, 15) is 4.79 Å². The third-order valence-electron chi connectivity index (χ3n) is 2.58. The lowest BCUT2D eigenvalue weighted by Crippen LogP contribution is -2.26. The van der Waals surface area contributed by atoms with Gasteiger partial charge in [-0.25, -0.2) is 0 Å². The van der Waals surface area contributed by atoms with Gasteiger partial charge in [0.15, 0.2) is 5.78 Å². The van der Waals surface area contributed by atoms with Crippen LogP contribution in [0.4, 0.5) is 0 Å². The topological polar surface area (TPSA) is 34.0 Å². The van der Waals surface area contributed by atoms with Gasteiger partial charge in [-0.05, 0) is 18.6 Å². The maximum absolute atomic E-state index is 11.5. The molecule has 0 aliphatic carbocycles. The van der Waals surface area contributed by atoms with Gasteiger partial charge in [-0.2, -0.15) is 0 Å². The molecule has 2 heterocycles. The molecule has 0 aromatic carbocycles. The van der Waals surface area contributed by atoms with Gasteiger partial charge in [-0.1, -0.05) is 6.92 Å². The third-order valence-corrected chi connectivity index (χ3v) is 2.58. The van der Waals surface area contributed by atoms with Crippen molar-refractivity contribution in [2.24, 2.45) is 0 Å². The maximum atomic E-state index is 11.5. The Labute approximate surface area is 89.8 Å². The van der Waals surface area contributed by atoms with Gasteiger partial charge >= 0.3 is 0 Å². The predicted octanol–water partition coefficient (Wildman–Crippen LogP) is 1.80. The molecule has 3 heteroatoms. The Kier molecular flexibility index (Phi) is 2.90. The van der Waals surface area contributed by atoms with Crippen LogP contribution in [0.1, 0.15) is 25.5 Å². The minimum atomic E-state index is 0.203. The highest BCUT2D eigenvalue weighted by molar-refractivity contribution is 5.96. The fraction of sp³-hybridized carbons (Fsp3) is 0.417. The van der Waals surface area contributed by atoms with Gasteiger partial charge in [0.05, 0.1) is 11.4 Å². The van der Waals surface area contributed by atoms with Crippen LogP contribution >= 0.6 is 0 Å². The van der Waals surface area contributed by atoms with Crippen molar-refractivity contribution in [2.45, 2.75) is 26.3 Å². The zero-order valence-corrected chi connectivity index (χ0v) is 8.99. The van der Waals surface area contributed by atoms with Gasteiger partial charge in [0.25, 0.3) is 0 Å². The molecule has 15 heavy (non-hydrogen) atoms. The van der Waals surface area contributed by atoms with Gasteiger partial charge in [0.2, 0.25) is 0 Å². The van der Waals surface area contributed by atoms with Crippen molar-refractivity contribution in [2.75, 3.05) is 6.54 Å². The number of carbonyl (C=O) groups excluding carboxylic acids is 1. The summed E-state index contributed by atoms with van der Waals surface area (Å²) in [4.78, 5) is 11.5. The van der Waals surface area contributed by atoms with Gasteiger partial charge in [-0.3, -0.25) is 4.79 Å². The van der Waals surface area contributed by atoms with Crippen molar-refractivity contribution in [1.29, 1.82) is 0 Å². The molecular formula is C12H16N2O. The van der Waals surface area contributed by atoms with Crippen LogP contribution in [0.25, 0.3) is 5.70 Å². The molecule has 1 aliphatic rings. The number of fused-ring (bicyclic) bond motifs is 1. The monoisotopic (exact) mass is 204 g/mol. The molecule has 0 bridgehead atoms. The van der Waals surface area contributed by atoms with Crippen molar-refractivity contribution < 1.29 is 4.79 Å². The first-order valence-corrected chi connectivity index (χ1v) is 5.45. The number of nitrogens with zero attached hydrogens (tertiary/aromatic N) is 1. The van der Waals surface area contributed by atoms with Crippen LogP contribution in [0.15, 0.2) is 24.4 Å². The zero-order valence-electron chi connectivity index (χ0n) is 8.99. The fourth-order valence-electron chi connectivity index (χ4n) is 1.86. The Balaban J connectivity index is 2.22. The summed E-state index contributed by atoms with van der Waals surface area (Å²) in [6.45, 7) is 3.89. The van der Waals surface area contributed by atoms with Gasteiger partial charge in [0.1, 0.15) is 0 Å². The molecule has 0 saturated heterocycles. The number of hydrogen-bond acceptors (Lipinski definition) is 2. The summed E-state index contributed by atoms with van der Waals surface area (Å²) in [5.41, 5.74) is 2.08. The molecule has 0 unspecified atom stereocenters. The quantitative estimate of drug-likeness (QED) is 0.762. The first-order chi connectivity index (χ1) is 7.31. The molecule has 0 radical (unpaired) electrons. The second-order valence-electron chi connectivity index (χ2n) is 3.79. The molecule has 1 aromatic heterocycles. The lowest BCUT2D eigenvalue weighted by Gasteiger charge is -2.20. The van der Waals surface area contributed by atoms with Crippen molar-refractivity contribution in [3.63, 3.8) is 0 Å². The van der Waals surface area contributed by atoms with Crippen LogP contribution in [0.2, 0.25) is 0 Å². The molecular weight excluding hydrogens is 188 g/mol. The number of nitrogens with one attached hydrogen (secondary N) is 1. The van der Waals surface area contributed by atoms with Crippen molar-refractivity contribution >= 4 is 11.5 Å². The lowest BCUT2D eigenvalue weighted by molar-refractivity contribution is -0.114. The van der Waals surface area contributed by atoms with Gasteiger partial charge in [0, 0.05) is 31.8 Å². The molecule has 0 amide bonds. The molecule has 80 valence electrons. The lowest BCUT2D eigenvalue weighted by atomic mass is 10.1. The minimum absolute atomic E-state index is 0.203. The molecule has 1 aliphatic heterocycles. The molecule has 0 fully saturated rings. The summed E-state index contributed by atoms with van der Waals surface area (Å²) in [6, 6.07) is 4.05. The Hall–Kier alpha value is -1.51. The Morgan fingerprint density at radius 2 is 2.53 bits per heavy atom. The highest BCUT2D eigenvalue weighted by Gasteiger charge is 2.12. The number of carbonyl (C=O) groups is 1. The first kappa shape index (κ1) is 10.0. The summed E-state index contributed by atoms with van der Waals surface area (Å²) in [5, 5.41) is 3.27. The normalized spacial score (nSPS) is 17.3. The average Bonchev–Trinajstić information content (AvgIpc) is 2.67. The second kappa shape index (κ2) is 4.34. The SMILES string of the molecule is CCCC(=O)/C=C1/NCCn2cccc21.